The maximum absolute atomic E-state index is 12.8. The lowest BCUT2D eigenvalue weighted by molar-refractivity contribution is -0.171. The van der Waals surface area contributed by atoms with Gasteiger partial charge in [-0.2, -0.15) is 9.67 Å². The standard InChI is InChI=1S/C24H25N5O4/c1-15-5-4-6-16(11-15)22(30)29-23(25)27-24(28-29)26-18-8-9-20-17(12-18)13-19(33-20)14-32-21-7-2-3-10-31-21/h4-6,8-9,11-13,21H,2-3,7,10,14H2,1H3,(H3,25,26,27,28). The molecule has 3 N–H and O–H groups in total. The predicted octanol–water partition coefficient (Wildman–Crippen LogP) is 4.39. The third kappa shape index (κ3) is 4.74. The van der Waals surface area contributed by atoms with Gasteiger partial charge >= 0.3 is 0 Å². The first kappa shape index (κ1) is 21.2. The van der Waals surface area contributed by atoms with Crippen molar-refractivity contribution in [2.24, 2.45) is 0 Å². The molecule has 1 atom stereocenters. The van der Waals surface area contributed by atoms with Crippen LogP contribution in [0.15, 0.2) is 52.9 Å². The summed E-state index contributed by atoms with van der Waals surface area (Å²) >= 11 is 0. The van der Waals surface area contributed by atoms with Gasteiger partial charge in [0.15, 0.2) is 6.29 Å². The smallest absolute Gasteiger partial charge is 0.281 e. The summed E-state index contributed by atoms with van der Waals surface area (Å²) in [7, 11) is 0. The fraction of sp³-hybridized carbons (Fsp3) is 0.292. The van der Waals surface area contributed by atoms with Gasteiger partial charge in [-0.1, -0.05) is 17.7 Å². The van der Waals surface area contributed by atoms with E-state index in [4.69, 9.17) is 19.6 Å². The number of hydrogen-bond donors (Lipinski definition) is 2. The first-order valence-corrected chi connectivity index (χ1v) is 10.9. The maximum atomic E-state index is 12.8. The third-order valence-electron chi connectivity index (χ3n) is 5.46. The number of nitrogen functional groups attached to an aromatic ring is 1. The van der Waals surface area contributed by atoms with Crippen molar-refractivity contribution in [3.8, 4) is 0 Å². The zero-order chi connectivity index (χ0) is 22.8. The van der Waals surface area contributed by atoms with Crippen LogP contribution < -0.4 is 11.1 Å². The summed E-state index contributed by atoms with van der Waals surface area (Å²) in [5.41, 5.74) is 8.90. The minimum atomic E-state index is -0.339. The first-order valence-electron chi connectivity index (χ1n) is 10.9. The fourth-order valence-corrected chi connectivity index (χ4v) is 3.82. The van der Waals surface area contributed by atoms with E-state index in [2.05, 4.69) is 15.4 Å². The molecule has 5 rings (SSSR count). The number of fused-ring (bicyclic) bond motifs is 1. The molecule has 1 unspecified atom stereocenters. The molecule has 1 aliphatic rings. The Bertz CT molecular complexity index is 1290. The molecule has 3 heterocycles. The average Bonchev–Trinajstić information content (AvgIpc) is 3.40. The number of carbonyl (C=O) groups excluding carboxylic acids is 1. The SMILES string of the molecule is Cc1cccc(C(=O)n2nc(Nc3ccc4oc(COC5CCCCO5)cc4c3)nc2N)c1. The highest BCUT2D eigenvalue weighted by Gasteiger charge is 2.17. The second-order valence-corrected chi connectivity index (χ2v) is 8.08. The molecule has 9 nitrogen and oxygen atoms in total. The molecule has 0 amide bonds. The summed E-state index contributed by atoms with van der Waals surface area (Å²) in [6, 6.07) is 14.8. The summed E-state index contributed by atoms with van der Waals surface area (Å²) in [5, 5.41) is 8.25. The van der Waals surface area contributed by atoms with Crippen LogP contribution in [0.2, 0.25) is 0 Å². The van der Waals surface area contributed by atoms with E-state index in [1.165, 1.54) is 0 Å². The zero-order valence-corrected chi connectivity index (χ0v) is 18.3. The Labute approximate surface area is 190 Å². The molecule has 0 aliphatic carbocycles. The van der Waals surface area contributed by atoms with Gasteiger partial charge in [-0.05, 0) is 62.6 Å². The van der Waals surface area contributed by atoms with Gasteiger partial charge in [-0.25, -0.2) is 0 Å². The van der Waals surface area contributed by atoms with Gasteiger partial charge in [-0.3, -0.25) is 4.79 Å². The van der Waals surface area contributed by atoms with Crippen LogP contribution in [0.4, 0.5) is 17.6 Å². The molecule has 4 aromatic rings. The summed E-state index contributed by atoms with van der Waals surface area (Å²) < 4.78 is 18.4. The number of ether oxygens (including phenoxy) is 2. The Morgan fingerprint density at radius 1 is 1.24 bits per heavy atom. The lowest BCUT2D eigenvalue weighted by atomic mass is 10.1. The normalized spacial score (nSPS) is 16.2. The number of rotatable bonds is 6. The second-order valence-electron chi connectivity index (χ2n) is 8.08. The lowest BCUT2D eigenvalue weighted by Gasteiger charge is -2.22. The van der Waals surface area contributed by atoms with E-state index in [1.807, 2.05) is 43.3 Å². The zero-order valence-electron chi connectivity index (χ0n) is 18.3. The number of nitrogens with zero attached hydrogens (tertiary/aromatic N) is 3. The van der Waals surface area contributed by atoms with Crippen LogP contribution in [-0.2, 0) is 16.1 Å². The van der Waals surface area contributed by atoms with Gasteiger partial charge in [0, 0.05) is 23.2 Å². The highest BCUT2D eigenvalue weighted by molar-refractivity contribution is 5.97. The Morgan fingerprint density at radius 3 is 2.97 bits per heavy atom. The van der Waals surface area contributed by atoms with E-state index in [0.717, 1.165) is 58.5 Å². The summed E-state index contributed by atoms with van der Waals surface area (Å²) in [6.07, 6.45) is 2.94. The fourth-order valence-electron chi connectivity index (χ4n) is 3.82. The van der Waals surface area contributed by atoms with E-state index in [0.29, 0.717) is 12.2 Å². The topological polar surface area (TPSA) is 117 Å². The van der Waals surface area contributed by atoms with E-state index in [-0.39, 0.29) is 24.1 Å². The monoisotopic (exact) mass is 447 g/mol. The summed E-state index contributed by atoms with van der Waals surface area (Å²) in [4.78, 5) is 16.9. The number of aryl methyl sites for hydroxylation is 1. The number of hydrogen-bond acceptors (Lipinski definition) is 8. The van der Waals surface area contributed by atoms with Crippen LogP contribution in [0.25, 0.3) is 11.0 Å². The Morgan fingerprint density at radius 2 is 2.15 bits per heavy atom. The van der Waals surface area contributed by atoms with Crippen LogP contribution in [0.1, 0.15) is 40.9 Å². The van der Waals surface area contributed by atoms with Gasteiger partial charge in [0.1, 0.15) is 18.0 Å². The van der Waals surface area contributed by atoms with E-state index >= 15 is 0 Å². The first-order chi connectivity index (χ1) is 16.0. The van der Waals surface area contributed by atoms with Crippen molar-refractivity contribution in [3.05, 3.63) is 65.4 Å². The highest BCUT2D eigenvalue weighted by Crippen LogP contribution is 2.26. The Balaban J connectivity index is 1.29. The Hall–Kier alpha value is -3.69. The molecule has 33 heavy (non-hydrogen) atoms. The number of furan rings is 1. The minimum Gasteiger partial charge on any atom is -0.459 e. The molecular formula is C24H25N5O4. The number of benzene rings is 2. The molecule has 2 aromatic carbocycles. The van der Waals surface area contributed by atoms with Crippen molar-refractivity contribution in [2.75, 3.05) is 17.7 Å². The largest absolute Gasteiger partial charge is 0.459 e. The molecular weight excluding hydrogens is 422 g/mol. The summed E-state index contributed by atoms with van der Waals surface area (Å²) in [6.45, 7) is 3.01. The molecule has 1 aliphatic heterocycles. The molecule has 2 aromatic heterocycles. The molecule has 1 saturated heterocycles. The second kappa shape index (κ2) is 9.05. The third-order valence-corrected chi connectivity index (χ3v) is 5.46. The number of carbonyl (C=O) groups is 1. The van der Waals surface area contributed by atoms with Gasteiger partial charge in [0.05, 0.1) is 0 Å². The van der Waals surface area contributed by atoms with Crippen molar-refractivity contribution in [3.63, 3.8) is 0 Å². The van der Waals surface area contributed by atoms with Crippen LogP contribution in [0.5, 0.6) is 0 Å². The molecule has 0 saturated carbocycles. The predicted molar refractivity (Wildman–Crippen MR) is 123 cm³/mol. The molecule has 0 radical (unpaired) electrons. The number of nitrogens with two attached hydrogens (primary N) is 1. The number of nitrogens with one attached hydrogen (secondary N) is 1. The molecule has 1 fully saturated rings. The van der Waals surface area contributed by atoms with Crippen molar-refractivity contribution in [2.45, 2.75) is 39.1 Å². The van der Waals surface area contributed by atoms with Crippen LogP contribution in [0.3, 0.4) is 0 Å². The summed E-state index contributed by atoms with van der Waals surface area (Å²) in [5.74, 6) is 0.632. The van der Waals surface area contributed by atoms with E-state index in [1.54, 1.807) is 12.1 Å². The number of aromatic nitrogens is 3. The van der Waals surface area contributed by atoms with Crippen molar-refractivity contribution < 1.29 is 18.7 Å². The quantitative estimate of drug-likeness (QED) is 0.447. The van der Waals surface area contributed by atoms with Crippen molar-refractivity contribution in [1.29, 1.82) is 0 Å². The van der Waals surface area contributed by atoms with E-state index in [9.17, 15) is 4.79 Å². The Kier molecular flexibility index (Phi) is 5.80. The molecule has 9 heteroatoms. The molecule has 0 bridgehead atoms. The molecule has 170 valence electrons. The minimum absolute atomic E-state index is 0.0118. The average molecular weight is 447 g/mol. The van der Waals surface area contributed by atoms with Gasteiger partial charge in [0.25, 0.3) is 5.91 Å². The van der Waals surface area contributed by atoms with Crippen LogP contribution >= 0.6 is 0 Å². The molecule has 0 spiro atoms. The van der Waals surface area contributed by atoms with E-state index < -0.39 is 0 Å². The van der Waals surface area contributed by atoms with Gasteiger partial charge in [0.2, 0.25) is 11.9 Å². The van der Waals surface area contributed by atoms with Crippen LogP contribution in [-0.4, -0.2) is 33.6 Å². The maximum Gasteiger partial charge on any atom is 0.281 e. The van der Waals surface area contributed by atoms with Crippen LogP contribution in [0, 0.1) is 6.92 Å². The van der Waals surface area contributed by atoms with Crippen molar-refractivity contribution >= 4 is 34.5 Å². The van der Waals surface area contributed by atoms with Gasteiger partial charge < -0.3 is 24.9 Å². The lowest BCUT2D eigenvalue weighted by Crippen LogP contribution is -2.21. The number of anilines is 3. The van der Waals surface area contributed by atoms with Crippen molar-refractivity contribution in [1.82, 2.24) is 14.8 Å². The highest BCUT2D eigenvalue weighted by atomic mass is 16.7. The van der Waals surface area contributed by atoms with Gasteiger partial charge in [-0.15, -0.1) is 5.10 Å².